The number of carbonyl (C=O) groups is 3. The monoisotopic (exact) mass is 371 g/mol. The molecule has 0 aliphatic carbocycles. The summed E-state index contributed by atoms with van der Waals surface area (Å²) in [4.78, 5) is 40.8. The van der Waals surface area contributed by atoms with Crippen LogP contribution in [0.2, 0.25) is 0 Å². The summed E-state index contributed by atoms with van der Waals surface area (Å²) in [6.45, 7) is 0. The average Bonchev–Trinajstić information content (AvgIpc) is 2.98. The number of rotatable bonds is 2. The van der Waals surface area contributed by atoms with Gasteiger partial charge in [0.05, 0.1) is 11.3 Å². The molecule has 1 unspecified atom stereocenters. The highest BCUT2D eigenvalue weighted by atomic mass is 19.1. The third-order valence-corrected chi connectivity index (χ3v) is 5.06. The topological polar surface area (TPSA) is 69.7 Å². The number of hydrogen-bond acceptors (Lipinski definition) is 3. The highest BCUT2D eigenvalue weighted by Crippen LogP contribution is 2.44. The zero-order valence-corrected chi connectivity index (χ0v) is 14.3. The molecule has 1 saturated heterocycles. The molecule has 8 heteroatoms. The molecule has 2 aromatic rings. The maximum atomic E-state index is 14.3. The van der Waals surface area contributed by atoms with Crippen LogP contribution in [-0.4, -0.2) is 35.3 Å². The number of hydrogen-bond donors (Lipinski definition) is 1. The minimum Gasteiger partial charge on any atom is -0.322 e. The third-order valence-electron chi connectivity index (χ3n) is 5.06. The number of benzene rings is 2. The van der Waals surface area contributed by atoms with Crippen molar-refractivity contribution >= 4 is 29.1 Å². The van der Waals surface area contributed by atoms with Crippen LogP contribution in [0.4, 0.5) is 20.2 Å². The number of anilines is 2. The highest BCUT2D eigenvalue weighted by molar-refractivity contribution is 6.18. The molecule has 1 N–H and O–H groups in total. The Balaban J connectivity index is 1.84. The van der Waals surface area contributed by atoms with Gasteiger partial charge in [0.15, 0.2) is 0 Å². The summed E-state index contributed by atoms with van der Waals surface area (Å²) in [5.74, 6) is -3.04. The number of nitrogens with zero attached hydrogens (tertiary/aromatic N) is 2. The van der Waals surface area contributed by atoms with E-state index >= 15 is 0 Å². The van der Waals surface area contributed by atoms with Crippen LogP contribution in [0.1, 0.15) is 23.2 Å². The van der Waals surface area contributed by atoms with Gasteiger partial charge in [-0.2, -0.15) is 0 Å². The van der Waals surface area contributed by atoms with Crippen LogP contribution in [0.25, 0.3) is 0 Å². The van der Waals surface area contributed by atoms with Gasteiger partial charge in [0.2, 0.25) is 11.6 Å². The summed E-state index contributed by atoms with van der Waals surface area (Å²) in [5, 5.41) is 2.57. The molecule has 3 amide bonds. The summed E-state index contributed by atoms with van der Waals surface area (Å²) in [7, 11) is 1.36. The Bertz CT molecular complexity index is 994. The molecule has 0 bridgehead atoms. The fourth-order valence-electron chi connectivity index (χ4n) is 3.77. The molecule has 1 atom stereocenters. The minimum absolute atomic E-state index is 0.0180. The quantitative estimate of drug-likeness (QED) is 0.882. The van der Waals surface area contributed by atoms with Crippen molar-refractivity contribution in [2.24, 2.45) is 0 Å². The van der Waals surface area contributed by atoms with Crippen molar-refractivity contribution in [1.29, 1.82) is 0 Å². The van der Waals surface area contributed by atoms with Gasteiger partial charge in [-0.3, -0.25) is 19.3 Å². The lowest BCUT2D eigenvalue weighted by atomic mass is 9.96. The Morgan fingerprint density at radius 1 is 1.15 bits per heavy atom. The summed E-state index contributed by atoms with van der Waals surface area (Å²) in [5.41, 5.74) is -1.62. The predicted octanol–water partition coefficient (Wildman–Crippen LogP) is 2.51. The molecule has 6 nitrogen and oxygen atoms in total. The van der Waals surface area contributed by atoms with Crippen LogP contribution < -0.4 is 10.2 Å². The predicted molar refractivity (Wildman–Crippen MR) is 93.0 cm³/mol. The highest BCUT2D eigenvalue weighted by Gasteiger charge is 2.60. The van der Waals surface area contributed by atoms with E-state index in [4.69, 9.17) is 0 Å². The zero-order valence-electron chi connectivity index (χ0n) is 14.3. The second kappa shape index (κ2) is 5.87. The van der Waals surface area contributed by atoms with Crippen LogP contribution in [0.5, 0.6) is 0 Å². The normalized spacial score (nSPS) is 21.1. The first-order valence-corrected chi connectivity index (χ1v) is 8.33. The SMILES string of the molecule is CN1C(=O)c2c(F)cccc2N2C(=O)CCC12C(=O)Nc1cccc(F)c1. The Morgan fingerprint density at radius 3 is 2.63 bits per heavy atom. The summed E-state index contributed by atoms with van der Waals surface area (Å²) in [6, 6.07) is 9.25. The van der Waals surface area contributed by atoms with Crippen molar-refractivity contribution in [1.82, 2.24) is 4.90 Å². The maximum Gasteiger partial charge on any atom is 0.271 e. The number of halogens is 2. The van der Waals surface area contributed by atoms with Gasteiger partial charge < -0.3 is 10.2 Å². The van der Waals surface area contributed by atoms with Gasteiger partial charge in [-0.05, 0) is 30.3 Å². The lowest BCUT2D eigenvalue weighted by Gasteiger charge is -2.47. The van der Waals surface area contributed by atoms with E-state index in [2.05, 4.69) is 5.32 Å². The van der Waals surface area contributed by atoms with E-state index in [1.165, 1.54) is 42.3 Å². The fraction of sp³-hybridized carbons (Fsp3) is 0.211. The number of fused-ring (bicyclic) bond motifs is 3. The van der Waals surface area contributed by atoms with E-state index in [1.807, 2.05) is 0 Å². The van der Waals surface area contributed by atoms with Crippen molar-refractivity contribution < 1.29 is 23.2 Å². The van der Waals surface area contributed by atoms with E-state index in [0.717, 1.165) is 17.0 Å². The van der Waals surface area contributed by atoms with E-state index in [-0.39, 0.29) is 29.8 Å². The van der Waals surface area contributed by atoms with Crippen molar-refractivity contribution in [3.05, 3.63) is 59.7 Å². The number of carbonyl (C=O) groups excluding carboxylic acids is 3. The summed E-state index contributed by atoms with van der Waals surface area (Å²) >= 11 is 0. The van der Waals surface area contributed by atoms with Crippen LogP contribution in [0.15, 0.2) is 42.5 Å². The van der Waals surface area contributed by atoms with Crippen LogP contribution in [-0.2, 0) is 9.59 Å². The van der Waals surface area contributed by atoms with Gasteiger partial charge in [0.1, 0.15) is 11.6 Å². The first kappa shape index (κ1) is 17.1. The Kier molecular flexibility index (Phi) is 3.73. The fourth-order valence-corrected chi connectivity index (χ4v) is 3.77. The molecule has 138 valence electrons. The van der Waals surface area contributed by atoms with Gasteiger partial charge in [0.25, 0.3) is 11.8 Å². The lowest BCUT2D eigenvalue weighted by molar-refractivity contribution is -0.128. The molecule has 27 heavy (non-hydrogen) atoms. The molecule has 1 fully saturated rings. The molecule has 0 radical (unpaired) electrons. The van der Waals surface area contributed by atoms with Gasteiger partial charge in [-0.15, -0.1) is 0 Å². The second-order valence-corrected chi connectivity index (χ2v) is 6.51. The molecule has 2 aliphatic heterocycles. The van der Waals surface area contributed by atoms with Crippen molar-refractivity contribution in [2.45, 2.75) is 18.5 Å². The van der Waals surface area contributed by atoms with Crippen LogP contribution in [0.3, 0.4) is 0 Å². The molecule has 0 spiro atoms. The number of amides is 3. The molecule has 4 rings (SSSR count). The first-order valence-electron chi connectivity index (χ1n) is 8.33. The molecule has 0 aromatic heterocycles. The largest absolute Gasteiger partial charge is 0.322 e. The Hall–Kier alpha value is -3.29. The number of likely N-dealkylation sites (N-methyl/N-ethyl adjacent to an activating group) is 1. The van der Waals surface area contributed by atoms with Gasteiger partial charge in [-0.25, -0.2) is 8.78 Å². The standard InChI is InChI=1S/C19H15F2N3O3/c1-23-17(26)16-13(21)6-3-7-14(16)24-15(25)8-9-19(23,24)18(27)22-12-5-2-4-11(20)10-12/h2-7,10H,8-9H2,1H3,(H,22,27). The second-order valence-electron chi connectivity index (χ2n) is 6.51. The number of nitrogens with one attached hydrogen (secondary N) is 1. The first-order chi connectivity index (χ1) is 12.9. The van der Waals surface area contributed by atoms with Crippen LogP contribution >= 0.6 is 0 Å². The van der Waals surface area contributed by atoms with Gasteiger partial charge in [0, 0.05) is 25.6 Å². The van der Waals surface area contributed by atoms with Crippen molar-refractivity contribution in [3.63, 3.8) is 0 Å². The van der Waals surface area contributed by atoms with Gasteiger partial charge in [-0.1, -0.05) is 12.1 Å². The molecule has 2 aliphatic rings. The molecular formula is C19H15F2N3O3. The Labute approximate surface area is 153 Å². The summed E-state index contributed by atoms with van der Waals surface area (Å²) in [6.07, 6.45) is 0.0648. The maximum absolute atomic E-state index is 14.3. The molecule has 2 heterocycles. The smallest absolute Gasteiger partial charge is 0.271 e. The zero-order chi connectivity index (χ0) is 19.3. The van der Waals surface area contributed by atoms with Crippen LogP contribution in [0, 0.1) is 11.6 Å². The van der Waals surface area contributed by atoms with E-state index in [9.17, 15) is 23.2 Å². The summed E-state index contributed by atoms with van der Waals surface area (Å²) < 4.78 is 27.7. The molecular weight excluding hydrogens is 356 g/mol. The van der Waals surface area contributed by atoms with Gasteiger partial charge >= 0.3 is 0 Å². The minimum atomic E-state index is -1.64. The Morgan fingerprint density at radius 2 is 1.89 bits per heavy atom. The lowest BCUT2D eigenvalue weighted by Crippen LogP contribution is -2.68. The van der Waals surface area contributed by atoms with Crippen molar-refractivity contribution in [3.8, 4) is 0 Å². The van der Waals surface area contributed by atoms with E-state index in [1.54, 1.807) is 0 Å². The molecule has 2 aromatic carbocycles. The average molecular weight is 371 g/mol. The van der Waals surface area contributed by atoms with Crippen molar-refractivity contribution in [2.75, 3.05) is 17.3 Å². The van der Waals surface area contributed by atoms with E-state index < -0.39 is 35.0 Å². The van der Waals surface area contributed by atoms with E-state index in [0.29, 0.717) is 0 Å². The third kappa shape index (κ3) is 2.33. The molecule has 0 saturated carbocycles.